The SMILES string of the molecule is CN=C(NCCc1ccccc1Cl)NCC1CCCN1CCOC. The van der Waals surface area contributed by atoms with Crippen LogP contribution in [0.3, 0.4) is 0 Å². The van der Waals surface area contributed by atoms with E-state index in [9.17, 15) is 0 Å². The van der Waals surface area contributed by atoms with Crippen molar-refractivity contribution in [3.05, 3.63) is 34.9 Å². The summed E-state index contributed by atoms with van der Waals surface area (Å²) in [5.41, 5.74) is 1.16. The van der Waals surface area contributed by atoms with Gasteiger partial charge >= 0.3 is 0 Å². The highest BCUT2D eigenvalue weighted by molar-refractivity contribution is 6.31. The van der Waals surface area contributed by atoms with Crippen molar-refractivity contribution >= 4 is 17.6 Å². The lowest BCUT2D eigenvalue weighted by Gasteiger charge is -2.25. The topological polar surface area (TPSA) is 48.9 Å². The van der Waals surface area contributed by atoms with E-state index < -0.39 is 0 Å². The van der Waals surface area contributed by atoms with Crippen LogP contribution in [-0.4, -0.2) is 63.8 Å². The first-order valence-electron chi connectivity index (χ1n) is 8.65. The van der Waals surface area contributed by atoms with Crippen LogP contribution in [0.2, 0.25) is 5.02 Å². The largest absolute Gasteiger partial charge is 0.383 e. The van der Waals surface area contributed by atoms with Gasteiger partial charge in [0, 0.05) is 44.9 Å². The van der Waals surface area contributed by atoms with Crippen LogP contribution < -0.4 is 10.6 Å². The van der Waals surface area contributed by atoms with E-state index in [4.69, 9.17) is 16.3 Å². The third-order valence-electron chi connectivity index (χ3n) is 4.46. The van der Waals surface area contributed by atoms with Gasteiger partial charge in [0.25, 0.3) is 0 Å². The van der Waals surface area contributed by atoms with Crippen molar-refractivity contribution in [3.63, 3.8) is 0 Å². The van der Waals surface area contributed by atoms with Crippen LogP contribution in [0.25, 0.3) is 0 Å². The summed E-state index contributed by atoms with van der Waals surface area (Å²) in [7, 11) is 3.57. The second kappa shape index (κ2) is 10.5. The van der Waals surface area contributed by atoms with Gasteiger partial charge in [-0.05, 0) is 37.4 Å². The molecule has 0 aromatic heterocycles. The molecule has 0 amide bonds. The molecular weight excluding hydrogens is 324 g/mol. The molecule has 2 rings (SSSR count). The van der Waals surface area contributed by atoms with Crippen LogP contribution >= 0.6 is 11.6 Å². The smallest absolute Gasteiger partial charge is 0.191 e. The van der Waals surface area contributed by atoms with Crippen LogP contribution in [0.15, 0.2) is 29.3 Å². The minimum absolute atomic E-state index is 0.558. The van der Waals surface area contributed by atoms with Gasteiger partial charge in [0.1, 0.15) is 0 Å². The molecule has 134 valence electrons. The van der Waals surface area contributed by atoms with Crippen molar-refractivity contribution in [3.8, 4) is 0 Å². The summed E-state index contributed by atoms with van der Waals surface area (Å²) in [6, 6.07) is 8.52. The summed E-state index contributed by atoms with van der Waals surface area (Å²) in [4.78, 5) is 6.80. The molecule has 1 fully saturated rings. The molecular formula is C18H29ClN4O. The predicted octanol–water partition coefficient (Wildman–Crippen LogP) is 2.16. The van der Waals surface area contributed by atoms with Crippen LogP contribution in [0.4, 0.5) is 0 Å². The Morgan fingerprint density at radius 2 is 2.21 bits per heavy atom. The molecule has 1 aromatic carbocycles. The number of rotatable bonds is 8. The number of hydrogen-bond donors (Lipinski definition) is 2. The van der Waals surface area contributed by atoms with Crippen LogP contribution in [0.1, 0.15) is 18.4 Å². The van der Waals surface area contributed by atoms with E-state index in [1.54, 1.807) is 7.11 Å². The number of likely N-dealkylation sites (tertiary alicyclic amines) is 1. The number of nitrogens with zero attached hydrogens (tertiary/aromatic N) is 2. The summed E-state index contributed by atoms with van der Waals surface area (Å²) in [6.45, 7) is 4.67. The molecule has 1 aliphatic rings. The lowest BCUT2D eigenvalue weighted by Crippen LogP contribution is -2.45. The first-order valence-corrected chi connectivity index (χ1v) is 9.03. The Morgan fingerprint density at radius 1 is 1.38 bits per heavy atom. The summed E-state index contributed by atoms with van der Waals surface area (Å²) in [6.07, 6.45) is 3.37. The fourth-order valence-electron chi connectivity index (χ4n) is 3.08. The average molecular weight is 353 g/mol. The standard InChI is InChI=1S/C18H29ClN4O/c1-20-18(21-10-9-15-6-3-4-8-17(15)19)22-14-16-7-5-11-23(16)12-13-24-2/h3-4,6,8,16H,5,7,9-14H2,1-2H3,(H2,20,21,22). The fourth-order valence-corrected chi connectivity index (χ4v) is 3.31. The zero-order valence-corrected chi connectivity index (χ0v) is 15.5. The highest BCUT2D eigenvalue weighted by Gasteiger charge is 2.23. The third kappa shape index (κ3) is 5.96. The van der Waals surface area contributed by atoms with Gasteiger partial charge in [-0.3, -0.25) is 9.89 Å². The van der Waals surface area contributed by atoms with E-state index in [1.165, 1.54) is 12.8 Å². The number of benzene rings is 1. The van der Waals surface area contributed by atoms with E-state index in [2.05, 4.69) is 26.6 Å². The van der Waals surface area contributed by atoms with E-state index >= 15 is 0 Å². The molecule has 5 nitrogen and oxygen atoms in total. The maximum Gasteiger partial charge on any atom is 0.191 e. The third-order valence-corrected chi connectivity index (χ3v) is 4.82. The number of nitrogens with one attached hydrogen (secondary N) is 2. The molecule has 2 N–H and O–H groups in total. The Morgan fingerprint density at radius 3 is 2.96 bits per heavy atom. The Hall–Kier alpha value is -1.30. The monoisotopic (exact) mass is 352 g/mol. The Bertz CT molecular complexity index is 523. The number of aliphatic imine (C=N–C) groups is 1. The Kier molecular flexibility index (Phi) is 8.36. The zero-order valence-electron chi connectivity index (χ0n) is 14.7. The molecule has 0 saturated carbocycles. The van der Waals surface area contributed by atoms with Crippen molar-refractivity contribution in [2.45, 2.75) is 25.3 Å². The van der Waals surface area contributed by atoms with E-state index in [0.717, 1.165) is 55.8 Å². The molecule has 1 aliphatic heterocycles. The number of ether oxygens (including phenoxy) is 1. The lowest BCUT2D eigenvalue weighted by molar-refractivity contribution is 0.141. The minimum Gasteiger partial charge on any atom is -0.383 e. The fraction of sp³-hybridized carbons (Fsp3) is 0.611. The number of hydrogen-bond acceptors (Lipinski definition) is 3. The molecule has 1 unspecified atom stereocenters. The van der Waals surface area contributed by atoms with Gasteiger partial charge in [-0.15, -0.1) is 0 Å². The minimum atomic E-state index is 0.558. The van der Waals surface area contributed by atoms with Gasteiger partial charge < -0.3 is 15.4 Å². The molecule has 24 heavy (non-hydrogen) atoms. The number of guanidine groups is 1. The summed E-state index contributed by atoms with van der Waals surface area (Å²) < 4.78 is 5.19. The van der Waals surface area contributed by atoms with Gasteiger partial charge in [0.05, 0.1) is 6.61 Å². The van der Waals surface area contributed by atoms with Gasteiger partial charge in [-0.1, -0.05) is 29.8 Å². The lowest BCUT2D eigenvalue weighted by atomic mass is 10.1. The molecule has 1 saturated heterocycles. The van der Waals surface area contributed by atoms with Crippen molar-refractivity contribution in [2.24, 2.45) is 4.99 Å². The second-order valence-electron chi connectivity index (χ2n) is 6.05. The molecule has 0 radical (unpaired) electrons. The molecule has 6 heteroatoms. The molecule has 1 aromatic rings. The number of halogens is 1. The summed E-state index contributed by atoms with van der Waals surface area (Å²) >= 11 is 6.19. The van der Waals surface area contributed by atoms with Crippen LogP contribution in [0, 0.1) is 0 Å². The average Bonchev–Trinajstić information content (AvgIpc) is 3.05. The van der Waals surface area contributed by atoms with Crippen molar-refractivity contribution in [1.82, 2.24) is 15.5 Å². The van der Waals surface area contributed by atoms with Crippen LogP contribution in [-0.2, 0) is 11.2 Å². The van der Waals surface area contributed by atoms with E-state index in [-0.39, 0.29) is 0 Å². The van der Waals surface area contributed by atoms with E-state index in [1.807, 2.05) is 25.2 Å². The van der Waals surface area contributed by atoms with Crippen molar-refractivity contribution < 1.29 is 4.74 Å². The highest BCUT2D eigenvalue weighted by atomic mass is 35.5. The normalized spacial score (nSPS) is 18.8. The molecule has 0 bridgehead atoms. The van der Waals surface area contributed by atoms with Crippen molar-refractivity contribution in [1.29, 1.82) is 0 Å². The van der Waals surface area contributed by atoms with E-state index in [0.29, 0.717) is 6.04 Å². The molecule has 1 heterocycles. The van der Waals surface area contributed by atoms with Gasteiger partial charge in [-0.25, -0.2) is 0 Å². The quantitative estimate of drug-likeness (QED) is 0.556. The van der Waals surface area contributed by atoms with Gasteiger partial charge in [0.15, 0.2) is 5.96 Å². The van der Waals surface area contributed by atoms with Crippen molar-refractivity contribution in [2.75, 3.05) is 46.9 Å². The van der Waals surface area contributed by atoms with Gasteiger partial charge in [0.2, 0.25) is 0 Å². The van der Waals surface area contributed by atoms with Crippen LogP contribution in [0.5, 0.6) is 0 Å². The molecule has 0 aliphatic carbocycles. The maximum atomic E-state index is 6.19. The molecule has 1 atom stereocenters. The first-order chi connectivity index (χ1) is 11.7. The Labute approximate surface area is 150 Å². The Balaban J connectivity index is 1.71. The predicted molar refractivity (Wildman–Crippen MR) is 101 cm³/mol. The second-order valence-corrected chi connectivity index (χ2v) is 6.45. The van der Waals surface area contributed by atoms with Gasteiger partial charge in [-0.2, -0.15) is 0 Å². The zero-order chi connectivity index (χ0) is 17.2. The summed E-state index contributed by atoms with van der Waals surface area (Å²) in [5.74, 6) is 0.848. The first kappa shape index (κ1) is 19.0. The number of methoxy groups -OCH3 is 1. The molecule has 0 spiro atoms. The maximum absolute atomic E-state index is 6.19. The summed E-state index contributed by atoms with van der Waals surface area (Å²) in [5, 5.41) is 7.63. The highest BCUT2D eigenvalue weighted by Crippen LogP contribution is 2.16.